The summed E-state index contributed by atoms with van der Waals surface area (Å²) in [6.07, 6.45) is 0.752. The Hall–Kier alpha value is -4.40. The van der Waals surface area contributed by atoms with Crippen molar-refractivity contribution >= 4 is 34.9 Å². The van der Waals surface area contributed by atoms with Crippen LogP contribution < -0.4 is 10.1 Å². The molecule has 0 radical (unpaired) electrons. The number of fused-ring (bicyclic) bond motifs is 1. The van der Waals surface area contributed by atoms with Gasteiger partial charge in [0.1, 0.15) is 29.5 Å². The maximum atomic E-state index is 13.8. The van der Waals surface area contributed by atoms with Gasteiger partial charge < -0.3 is 24.4 Å². The Balaban J connectivity index is 1.66. The molecule has 222 valence electrons. The molecule has 1 N–H and O–H groups in total. The first-order valence-electron chi connectivity index (χ1n) is 14.1. The van der Waals surface area contributed by atoms with Crippen molar-refractivity contribution in [1.82, 2.24) is 15.2 Å². The Kier molecular flexibility index (Phi) is 9.19. The van der Waals surface area contributed by atoms with E-state index in [4.69, 9.17) is 19.2 Å². The molecule has 1 aliphatic rings. The van der Waals surface area contributed by atoms with E-state index < -0.39 is 41.8 Å². The van der Waals surface area contributed by atoms with Crippen molar-refractivity contribution in [2.45, 2.75) is 64.8 Å². The van der Waals surface area contributed by atoms with Gasteiger partial charge in [0.15, 0.2) is 0 Å². The molecule has 4 rings (SSSR count). The predicted molar refractivity (Wildman–Crippen MR) is 162 cm³/mol. The lowest BCUT2D eigenvalue weighted by atomic mass is 10.0. The normalized spacial score (nSPS) is 17.5. The number of aromatic nitrogens is 1. The molecule has 0 bridgehead atoms. The predicted octanol–water partition coefficient (Wildman–Crippen LogP) is 5.62. The molecule has 2 amide bonds. The Morgan fingerprint density at radius 3 is 2.43 bits per heavy atom. The summed E-state index contributed by atoms with van der Waals surface area (Å²) in [6.45, 7) is 12.9. The third-order valence-corrected chi connectivity index (χ3v) is 7.02. The van der Waals surface area contributed by atoms with Crippen LogP contribution in [0.4, 0.5) is 4.79 Å². The summed E-state index contributed by atoms with van der Waals surface area (Å²) in [5.41, 5.74) is 2.59. The Bertz CT molecular complexity index is 1460. The quantitative estimate of drug-likeness (QED) is 0.349. The third kappa shape index (κ3) is 7.08. The molecule has 0 unspecified atom stereocenters. The SMILES string of the molecule is C=Cc1ccc2nc(-c3ccccc3)cc(O[C@@H]3C[C@@H](C(=O)OC)N(C(=O)[C@@H](NC(=O)OC(C)(C)C)C(C)C)C3)c2c1. The van der Waals surface area contributed by atoms with Crippen LogP contribution in [0.5, 0.6) is 5.75 Å². The van der Waals surface area contributed by atoms with Crippen molar-refractivity contribution < 1.29 is 28.6 Å². The van der Waals surface area contributed by atoms with E-state index in [1.807, 2.05) is 68.4 Å². The van der Waals surface area contributed by atoms with Gasteiger partial charge in [-0.3, -0.25) is 4.79 Å². The first-order valence-corrected chi connectivity index (χ1v) is 14.1. The van der Waals surface area contributed by atoms with Gasteiger partial charge in [-0.05, 0) is 44.4 Å². The molecule has 9 nitrogen and oxygen atoms in total. The molecule has 2 heterocycles. The summed E-state index contributed by atoms with van der Waals surface area (Å²) in [5, 5.41) is 3.48. The number of carbonyl (C=O) groups excluding carboxylic acids is 3. The highest BCUT2D eigenvalue weighted by molar-refractivity contribution is 5.91. The smallest absolute Gasteiger partial charge is 0.408 e. The molecule has 1 aromatic heterocycles. The lowest BCUT2D eigenvalue weighted by Gasteiger charge is -2.30. The van der Waals surface area contributed by atoms with Gasteiger partial charge in [0.25, 0.3) is 0 Å². The van der Waals surface area contributed by atoms with Gasteiger partial charge in [0, 0.05) is 23.4 Å². The Labute approximate surface area is 246 Å². The average Bonchev–Trinajstić information content (AvgIpc) is 3.38. The van der Waals surface area contributed by atoms with Gasteiger partial charge in [-0.1, -0.05) is 62.9 Å². The number of rotatable bonds is 8. The van der Waals surface area contributed by atoms with E-state index in [0.717, 1.165) is 27.7 Å². The molecule has 0 aliphatic carbocycles. The number of hydrogen-bond acceptors (Lipinski definition) is 7. The number of nitrogens with one attached hydrogen (secondary N) is 1. The van der Waals surface area contributed by atoms with Gasteiger partial charge >= 0.3 is 12.1 Å². The van der Waals surface area contributed by atoms with Crippen LogP contribution in [0.2, 0.25) is 0 Å². The molecule has 9 heteroatoms. The lowest BCUT2D eigenvalue weighted by molar-refractivity contribution is -0.152. The minimum atomic E-state index is -0.910. The van der Waals surface area contributed by atoms with Crippen molar-refractivity contribution in [3.63, 3.8) is 0 Å². The van der Waals surface area contributed by atoms with Gasteiger partial charge in [0.2, 0.25) is 5.91 Å². The first kappa shape index (κ1) is 30.6. The van der Waals surface area contributed by atoms with Crippen molar-refractivity contribution in [2.75, 3.05) is 13.7 Å². The number of likely N-dealkylation sites (tertiary alicyclic amines) is 1. The minimum absolute atomic E-state index is 0.128. The van der Waals surface area contributed by atoms with Crippen molar-refractivity contribution in [1.29, 1.82) is 0 Å². The summed E-state index contributed by atoms with van der Waals surface area (Å²) >= 11 is 0. The van der Waals surface area contributed by atoms with Crippen LogP contribution in [-0.4, -0.2) is 65.3 Å². The summed E-state index contributed by atoms with van der Waals surface area (Å²) in [7, 11) is 1.29. The third-order valence-electron chi connectivity index (χ3n) is 7.02. The fraction of sp³-hybridized carbons (Fsp3) is 0.394. The number of carbonyl (C=O) groups is 3. The van der Waals surface area contributed by atoms with Crippen LogP contribution >= 0.6 is 0 Å². The van der Waals surface area contributed by atoms with Crippen LogP contribution in [-0.2, 0) is 19.1 Å². The molecule has 1 fully saturated rings. The highest BCUT2D eigenvalue weighted by Crippen LogP contribution is 2.34. The molecular formula is C33H39N3O6. The van der Waals surface area contributed by atoms with E-state index >= 15 is 0 Å². The van der Waals surface area contributed by atoms with Gasteiger partial charge in [-0.25, -0.2) is 14.6 Å². The van der Waals surface area contributed by atoms with Crippen LogP contribution in [0.15, 0.2) is 61.2 Å². The number of esters is 1. The van der Waals surface area contributed by atoms with Crippen molar-refractivity contribution in [3.05, 3.63) is 66.7 Å². The highest BCUT2D eigenvalue weighted by atomic mass is 16.6. The summed E-state index contributed by atoms with van der Waals surface area (Å²) in [6, 6.07) is 15.7. The van der Waals surface area contributed by atoms with Crippen LogP contribution in [0.1, 0.15) is 46.6 Å². The Morgan fingerprint density at radius 2 is 1.81 bits per heavy atom. The van der Waals surface area contributed by atoms with Crippen LogP contribution in [0, 0.1) is 5.92 Å². The number of ether oxygens (including phenoxy) is 3. The van der Waals surface area contributed by atoms with Crippen LogP contribution in [0.3, 0.4) is 0 Å². The highest BCUT2D eigenvalue weighted by Gasteiger charge is 2.44. The van der Waals surface area contributed by atoms with Crippen molar-refractivity contribution in [2.24, 2.45) is 5.92 Å². The molecule has 0 spiro atoms. The number of amides is 2. The average molecular weight is 574 g/mol. The van der Waals surface area contributed by atoms with Gasteiger partial charge in [0.05, 0.1) is 24.9 Å². The summed E-state index contributed by atoms with van der Waals surface area (Å²) in [4.78, 5) is 45.5. The number of methoxy groups -OCH3 is 1. The monoisotopic (exact) mass is 573 g/mol. The molecule has 3 atom stereocenters. The van der Waals surface area contributed by atoms with E-state index in [0.29, 0.717) is 5.75 Å². The van der Waals surface area contributed by atoms with Gasteiger partial charge in [-0.2, -0.15) is 0 Å². The lowest BCUT2D eigenvalue weighted by Crippen LogP contribution is -2.54. The van der Waals surface area contributed by atoms with E-state index in [9.17, 15) is 14.4 Å². The second-order valence-electron chi connectivity index (χ2n) is 11.7. The molecule has 1 saturated heterocycles. The summed E-state index contributed by atoms with van der Waals surface area (Å²) in [5.74, 6) is -0.639. The van der Waals surface area contributed by atoms with Crippen molar-refractivity contribution in [3.8, 4) is 17.0 Å². The fourth-order valence-corrected chi connectivity index (χ4v) is 4.99. The maximum Gasteiger partial charge on any atom is 0.408 e. The molecular weight excluding hydrogens is 534 g/mol. The van der Waals surface area contributed by atoms with E-state index in [1.165, 1.54) is 12.0 Å². The standard InChI is InChI=1S/C33H39N3O6/c1-8-21-14-15-25-24(16-21)28(18-26(34-25)22-12-10-9-11-13-22)41-23-17-27(31(38)40-7)36(19-23)30(37)29(20(2)3)35-32(39)42-33(4,5)6/h8-16,18,20,23,27,29H,1,17,19H2,2-7H3,(H,35,39)/t23-,27+,29+/m1/s1. The zero-order valence-electron chi connectivity index (χ0n) is 25.0. The van der Waals surface area contributed by atoms with Crippen LogP contribution in [0.25, 0.3) is 28.2 Å². The number of benzene rings is 2. The minimum Gasteiger partial charge on any atom is -0.488 e. The largest absolute Gasteiger partial charge is 0.488 e. The Morgan fingerprint density at radius 1 is 1.10 bits per heavy atom. The van der Waals surface area contributed by atoms with E-state index in [2.05, 4.69) is 11.9 Å². The maximum absolute atomic E-state index is 13.8. The summed E-state index contributed by atoms with van der Waals surface area (Å²) < 4.78 is 17.0. The van der Waals surface area contributed by atoms with E-state index in [-0.39, 0.29) is 18.9 Å². The van der Waals surface area contributed by atoms with E-state index in [1.54, 1.807) is 26.8 Å². The van der Waals surface area contributed by atoms with Gasteiger partial charge in [-0.15, -0.1) is 0 Å². The molecule has 2 aromatic carbocycles. The number of nitrogens with zero attached hydrogens (tertiary/aromatic N) is 2. The molecule has 1 aliphatic heterocycles. The first-order chi connectivity index (χ1) is 19.9. The fourth-order valence-electron chi connectivity index (χ4n) is 4.99. The zero-order valence-corrected chi connectivity index (χ0v) is 25.0. The molecule has 42 heavy (non-hydrogen) atoms. The molecule has 3 aromatic rings. The topological polar surface area (TPSA) is 107 Å². The number of hydrogen-bond donors (Lipinski definition) is 1. The molecule has 0 saturated carbocycles. The number of pyridine rings is 1. The zero-order chi connectivity index (χ0) is 30.6. The number of alkyl carbamates (subject to hydrolysis) is 1. The second-order valence-corrected chi connectivity index (χ2v) is 11.7. The second kappa shape index (κ2) is 12.6.